The van der Waals surface area contributed by atoms with Gasteiger partial charge in [-0.2, -0.15) is 20.5 Å². The molecule has 0 aliphatic carbocycles. The van der Waals surface area contributed by atoms with Crippen molar-refractivity contribution in [1.82, 2.24) is 14.9 Å². The Balaban J connectivity index is 1.35. The standard InChI is InChI=1S/C33H29ClF3N7O3S/c34-25-23(17-3-4-19(36)29-22(17)18(12-39)30(40)48-29)26(37)27-24-28(25)46-14-20-21(5-7-38)45-10-2-9-44(20)31(24)42-32(41-27)47-15-33-6-1-8-43(33)13-16(35)11-33/h3-4,16,20-21H,1-2,5-6,8-11,13-15,40H2/t16-,20?,21?,33+/m1/s1. The Bertz CT molecular complexity index is 2070. The highest BCUT2D eigenvalue weighted by Gasteiger charge is 2.49. The van der Waals surface area contributed by atoms with Gasteiger partial charge >= 0.3 is 6.01 Å². The Kier molecular flexibility index (Phi) is 7.68. The minimum Gasteiger partial charge on any atom is -0.489 e. The molecular formula is C33H29ClF3N7O3S. The second-order valence-electron chi connectivity index (χ2n) is 12.7. The highest BCUT2D eigenvalue weighted by Crippen LogP contribution is 2.51. The molecule has 6 heterocycles. The van der Waals surface area contributed by atoms with Crippen molar-refractivity contribution in [3.8, 4) is 35.0 Å². The largest absolute Gasteiger partial charge is 0.489 e. The molecule has 2 aromatic heterocycles. The first-order valence-corrected chi connectivity index (χ1v) is 17.0. The van der Waals surface area contributed by atoms with Gasteiger partial charge in [0.1, 0.15) is 47.6 Å². The molecule has 8 rings (SSSR count). The van der Waals surface area contributed by atoms with E-state index in [4.69, 9.17) is 36.5 Å². The minimum atomic E-state index is -0.968. The Morgan fingerprint density at radius 3 is 2.85 bits per heavy atom. The van der Waals surface area contributed by atoms with Gasteiger partial charge in [-0.05, 0) is 37.4 Å². The molecule has 4 aromatic rings. The third-order valence-electron chi connectivity index (χ3n) is 10.0. The zero-order valence-electron chi connectivity index (χ0n) is 25.6. The van der Waals surface area contributed by atoms with E-state index >= 15 is 8.78 Å². The molecule has 2 unspecified atom stereocenters. The number of nitriles is 2. The molecule has 4 atom stereocenters. The van der Waals surface area contributed by atoms with Gasteiger partial charge in [-0.15, -0.1) is 11.3 Å². The molecule has 0 spiro atoms. The van der Waals surface area contributed by atoms with E-state index in [0.29, 0.717) is 38.4 Å². The topological polar surface area (TPSA) is 134 Å². The van der Waals surface area contributed by atoms with Gasteiger partial charge in [-0.25, -0.2) is 13.2 Å². The number of anilines is 2. The molecule has 3 saturated heterocycles. The van der Waals surface area contributed by atoms with Gasteiger partial charge in [-0.3, -0.25) is 4.90 Å². The maximum absolute atomic E-state index is 17.2. The van der Waals surface area contributed by atoms with Crippen LogP contribution in [0.4, 0.5) is 24.0 Å². The first kappa shape index (κ1) is 31.2. The maximum Gasteiger partial charge on any atom is 0.319 e. The summed E-state index contributed by atoms with van der Waals surface area (Å²) in [7, 11) is 0. The summed E-state index contributed by atoms with van der Waals surface area (Å²) < 4.78 is 65.5. The van der Waals surface area contributed by atoms with Gasteiger partial charge in [-0.1, -0.05) is 17.7 Å². The van der Waals surface area contributed by atoms with Crippen LogP contribution in [0.15, 0.2) is 12.1 Å². The summed E-state index contributed by atoms with van der Waals surface area (Å²) in [6.07, 6.45) is 1.17. The van der Waals surface area contributed by atoms with Gasteiger partial charge in [0.25, 0.3) is 0 Å². The number of benzene rings is 2. The van der Waals surface area contributed by atoms with Crippen molar-refractivity contribution in [3.63, 3.8) is 0 Å². The number of halogens is 4. The summed E-state index contributed by atoms with van der Waals surface area (Å²) in [5.41, 5.74) is 5.44. The molecule has 4 aliphatic heterocycles. The second kappa shape index (κ2) is 11.8. The fourth-order valence-electron chi connectivity index (χ4n) is 7.90. The Morgan fingerprint density at radius 1 is 1.19 bits per heavy atom. The lowest BCUT2D eigenvalue weighted by molar-refractivity contribution is 0.0392. The predicted molar refractivity (Wildman–Crippen MR) is 174 cm³/mol. The van der Waals surface area contributed by atoms with E-state index in [1.807, 2.05) is 11.0 Å². The van der Waals surface area contributed by atoms with Crippen molar-refractivity contribution in [2.75, 3.05) is 50.1 Å². The van der Waals surface area contributed by atoms with Crippen molar-refractivity contribution in [1.29, 1.82) is 10.5 Å². The summed E-state index contributed by atoms with van der Waals surface area (Å²) in [4.78, 5) is 13.4. The Morgan fingerprint density at radius 2 is 2.04 bits per heavy atom. The van der Waals surface area contributed by atoms with Crippen LogP contribution in [0.5, 0.6) is 11.8 Å². The quantitative estimate of drug-likeness (QED) is 0.260. The lowest BCUT2D eigenvalue weighted by Gasteiger charge is -2.33. The molecule has 4 aliphatic rings. The molecule has 3 fully saturated rings. The SMILES string of the molecule is N#CCC1OCCCN2c3nc(OC[C@@]45CCCN4C[C@H](F)C5)nc4c(F)c(-c5ccc(F)c6sc(N)c(C#N)c56)c(Cl)c(c34)OCC12. The average Bonchev–Trinajstić information content (AvgIpc) is 3.61. The van der Waals surface area contributed by atoms with Gasteiger partial charge in [0.2, 0.25) is 0 Å². The van der Waals surface area contributed by atoms with Crippen LogP contribution in [-0.4, -0.2) is 78.2 Å². The molecule has 48 heavy (non-hydrogen) atoms. The monoisotopic (exact) mass is 695 g/mol. The number of nitrogen functional groups attached to an aromatic ring is 1. The van der Waals surface area contributed by atoms with E-state index < -0.39 is 35.5 Å². The summed E-state index contributed by atoms with van der Waals surface area (Å²) >= 11 is 7.93. The number of nitrogens with zero attached hydrogens (tertiary/aromatic N) is 6. The number of thiophene rings is 1. The highest BCUT2D eigenvalue weighted by molar-refractivity contribution is 7.23. The lowest BCUT2D eigenvalue weighted by Crippen LogP contribution is -2.47. The van der Waals surface area contributed by atoms with Crippen molar-refractivity contribution < 1.29 is 27.4 Å². The van der Waals surface area contributed by atoms with Crippen molar-refractivity contribution in [2.45, 2.75) is 56.0 Å². The number of fused-ring (bicyclic) bond motifs is 4. The van der Waals surface area contributed by atoms with Crippen molar-refractivity contribution in [2.24, 2.45) is 0 Å². The molecule has 248 valence electrons. The van der Waals surface area contributed by atoms with Gasteiger partial charge in [0.05, 0.1) is 50.8 Å². The first-order valence-electron chi connectivity index (χ1n) is 15.8. The summed E-state index contributed by atoms with van der Waals surface area (Å²) in [6.45, 7) is 2.12. The molecule has 2 aromatic carbocycles. The van der Waals surface area contributed by atoms with Crippen LogP contribution in [0.1, 0.15) is 37.7 Å². The molecule has 10 nitrogen and oxygen atoms in total. The normalized spacial score (nSPS) is 25.2. The van der Waals surface area contributed by atoms with Gasteiger partial charge < -0.3 is 24.8 Å². The van der Waals surface area contributed by atoms with Gasteiger partial charge in [0, 0.05) is 37.1 Å². The summed E-state index contributed by atoms with van der Waals surface area (Å²) in [5, 5.41) is 19.9. The number of nitrogens with two attached hydrogens (primary N) is 1. The molecule has 0 amide bonds. The zero-order valence-corrected chi connectivity index (χ0v) is 27.1. The number of hydrogen-bond donors (Lipinski definition) is 1. The number of rotatable bonds is 5. The molecule has 15 heteroatoms. The summed E-state index contributed by atoms with van der Waals surface area (Å²) in [6, 6.07) is 6.14. The molecule has 0 bridgehead atoms. The van der Waals surface area contributed by atoms with E-state index in [2.05, 4.69) is 16.0 Å². The van der Waals surface area contributed by atoms with Crippen LogP contribution >= 0.6 is 22.9 Å². The Labute approximate surface area is 282 Å². The number of ether oxygens (including phenoxy) is 3. The fraction of sp³-hybridized carbons (Fsp3) is 0.455. The van der Waals surface area contributed by atoms with E-state index in [1.54, 1.807) is 0 Å². The molecule has 2 N–H and O–H groups in total. The van der Waals surface area contributed by atoms with E-state index in [0.717, 1.165) is 30.7 Å². The van der Waals surface area contributed by atoms with Crippen molar-refractivity contribution >= 4 is 54.7 Å². The van der Waals surface area contributed by atoms with Crippen LogP contribution in [-0.2, 0) is 4.74 Å². The van der Waals surface area contributed by atoms with Crippen molar-refractivity contribution in [3.05, 3.63) is 34.4 Å². The average molecular weight is 696 g/mol. The third-order valence-corrected chi connectivity index (χ3v) is 11.4. The maximum atomic E-state index is 17.2. The Hall–Kier alpha value is -4.08. The summed E-state index contributed by atoms with van der Waals surface area (Å²) in [5.74, 6) is -1.05. The molecule has 0 radical (unpaired) electrons. The molecular weight excluding hydrogens is 667 g/mol. The zero-order chi connectivity index (χ0) is 33.3. The lowest BCUT2D eigenvalue weighted by atomic mass is 9.95. The number of alkyl halides is 1. The van der Waals surface area contributed by atoms with Crippen LogP contribution < -0.4 is 20.1 Å². The van der Waals surface area contributed by atoms with Crippen LogP contribution in [0.2, 0.25) is 5.02 Å². The minimum absolute atomic E-state index is 0.00669. The van der Waals surface area contributed by atoms with Crippen LogP contribution in [0.25, 0.3) is 32.1 Å². The third kappa shape index (κ3) is 4.72. The smallest absolute Gasteiger partial charge is 0.319 e. The van der Waals surface area contributed by atoms with E-state index in [-0.39, 0.29) is 79.1 Å². The highest BCUT2D eigenvalue weighted by atomic mass is 35.5. The fourth-order valence-corrected chi connectivity index (χ4v) is 9.18. The van der Waals surface area contributed by atoms with Crippen LogP contribution in [0.3, 0.4) is 0 Å². The van der Waals surface area contributed by atoms with E-state index in [1.165, 1.54) is 12.1 Å². The van der Waals surface area contributed by atoms with Crippen LogP contribution in [0, 0.1) is 34.3 Å². The van der Waals surface area contributed by atoms with Gasteiger partial charge in [0.15, 0.2) is 11.6 Å². The first-order chi connectivity index (χ1) is 23.2. The number of hydrogen-bond acceptors (Lipinski definition) is 11. The number of aromatic nitrogens is 2. The second-order valence-corrected chi connectivity index (χ2v) is 14.1. The predicted octanol–water partition coefficient (Wildman–Crippen LogP) is 6.12. The van der Waals surface area contributed by atoms with E-state index in [9.17, 15) is 14.9 Å². The molecule has 0 saturated carbocycles.